The van der Waals surface area contributed by atoms with Gasteiger partial charge in [0, 0.05) is 18.5 Å². The van der Waals surface area contributed by atoms with Crippen LogP contribution in [-0.2, 0) is 10.2 Å². The van der Waals surface area contributed by atoms with Gasteiger partial charge in [0.1, 0.15) is 5.75 Å². The predicted octanol–water partition coefficient (Wildman–Crippen LogP) is 2.05. The first-order chi connectivity index (χ1) is 8.83. The molecule has 1 saturated heterocycles. The Balaban J connectivity index is 1.80. The second-order valence-electron chi connectivity index (χ2n) is 5.29. The SMILES string of the molecule is O=C(N1C[C@H]2C[C@@]2(c2ccc(O)cc2)C1)C(F)(F)F. The van der Waals surface area contributed by atoms with Crippen LogP contribution in [-0.4, -0.2) is 35.2 Å². The minimum Gasteiger partial charge on any atom is -0.508 e. The van der Waals surface area contributed by atoms with E-state index in [0.717, 1.165) is 16.9 Å². The number of benzene rings is 1. The second-order valence-corrected chi connectivity index (χ2v) is 5.29. The molecule has 1 amide bonds. The standard InChI is InChI=1S/C13H12F3NO2/c14-13(15,16)11(19)17-6-9-5-12(9,7-17)8-1-3-10(18)4-2-8/h1-4,9,18H,5-7H2/t9-,12+/m1/s1. The van der Waals surface area contributed by atoms with E-state index in [2.05, 4.69) is 0 Å². The molecule has 1 aromatic carbocycles. The molecule has 0 radical (unpaired) electrons. The normalized spacial score (nSPS) is 29.2. The summed E-state index contributed by atoms with van der Waals surface area (Å²) in [6.45, 7) is 0.278. The lowest BCUT2D eigenvalue weighted by Crippen LogP contribution is -2.41. The third-order valence-electron chi connectivity index (χ3n) is 4.12. The van der Waals surface area contributed by atoms with E-state index in [4.69, 9.17) is 0 Å². The molecule has 102 valence electrons. The molecule has 2 atom stereocenters. The zero-order chi connectivity index (χ0) is 13.8. The number of carbonyl (C=O) groups excluding carboxylic acids is 1. The number of nitrogens with zero attached hydrogens (tertiary/aromatic N) is 1. The summed E-state index contributed by atoms with van der Waals surface area (Å²) in [6.07, 6.45) is -3.99. The molecule has 1 aliphatic heterocycles. The molecule has 1 N–H and O–H groups in total. The minimum atomic E-state index is -4.80. The van der Waals surface area contributed by atoms with Crippen molar-refractivity contribution in [2.24, 2.45) is 5.92 Å². The number of hydrogen-bond donors (Lipinski definition) is 1. The first kappa shape index (κ1) is 12.3. The lowest BCUT2D eigenvalue weighted by Gasteiger charge is -2.22. The van der Waals surface area contributed by atoms with Crippen LogP contribution in [0.1, 0.15) is 12.0 Å². The van der Waals surface area contributed by atoms with E-state index < -0.39 is 12.1 Å². The molecule has 1 heterocycles. The van der Waals surface area contributed by atoms with Gasteiger partial charge in [-0.2, -0.15) is 13.2 Å². The van der Waals surface area contributed by atoms with E-state index in [1.807, 2.05) is 0 Å². The van der Waals surface area contributed by atoms with Crippen molar-refractivity contribution >= 4 is 5.91 Å². The molecular formula is C13H12F3NO2. The number of piperidine rings is 1. The molecule has 1 aliphatic carbocycles. The van der Waals surface area contributed by atoms with Crippen molar-refractivity contribution in [2.75, 3.05) is 13.1 Å². The van der Waals surface area contributed by atoms with E-state index in [1.165, 1.54) is 12.1 Å². The van der Waals surface area contributed by atoms with Crippen LogP contribution >= 0.6 is 0 Å². The number of aromatic hydroxyl groups is 1. The van der Waals surface area contributed by atoms with E-state index in [1.54, 1.807) is 12.1 Å². The van der Waals surface area contributed by atoms with Gasteiger partial charge in [-0.25, -0.2) is 0 Å². The average Bonchev–Trinajstić information content (AvgIpc) is 2.91. The van der Waals surface area contributed by atoms with Crippen LogP contribution in [0.25, 0.3) is 0 Å². The summed E-state index contributed by atoms with van der Waals surface area (Å²) in [5.41, 5.74) is 0.557. The van der Waals surface area contributed by atoms with Crippen molar-refractivity contribution in [1.29, 1.82) is 0 Å². The number of alkyl halides is 3. The highest BCUT2D eigenvalue weighted by Gasteiger charge is 2.63. The van der Waals surface area contributed by atoms with Gasteiger partial charge in [0.15, 0.2) is 0 Å². The average molecular weight is 271 g/mol. The Morgan fingerprint density at radius 1 is 1.32 bits per heavy atom. The molecular weight excluding hydrogens is 259 g/mol. The molecule has 0 spiro atoms. The van der Waals surface area contributed by atoms with E-state index in [9.17, 15) is 23.1 Å². The van der Waals surface area contributed by atoms with Gasteiger partial charge in [0.05, 0.1) is 0 Å². The van der Waals surface area contributed by atoms with Crippen LogP contribution < -0.4 is 0 Å². The number of carbonyl (C=O) groups is 1. The van der Waals surface area contributed by atoms with Gasteiger partial charge >= 0.3 is 12.1 Å². The quantitative estimate of drug-likeness (QED) is 0.849. The lowest BCUT2D eigenvalue weighted by atomic mass is 9.95. The van der Waals surface area contributed by atoms with Crippen molar-refractivity contribution in [2.45, 2.75) is 18.0 Å². The summed E-state index contributed by atoms with van der Waals surface area (Å²) in [7, 11) is 0. The topological polar surface area (TPSA) is 40.5 Å². The highest BCUT2D eigenvalue weighted by molar-refractivity contribution is 5.82. The first-order valence-electron chi connectivity index (χ1n) is 5.98. The van der Waals surface area contributed by atoms with Crippen molar-refractivity contribution in [3.63, 3.8) is 0 Å². The summed E-state index contributed by atoms with van der Waals surface area (Å²) in [5, 5.41) is 9.23. The van der Waals surface area contributed by atoms with Crippen LogP contribution in [0.2, 0.25) is 0 Å². The molecule has 3 nitrogen and oxygen atoms in total. The van der Waals surface area contributed by atoms with Crippen LogP contribution in [0, 0.1) is 5.92 Å². The fourth-order valence-corrected chi connectivity index (χ4v) is 3.06. The van der Waals surface area contributed by atoms with Gasteiger partial charge < -0.3 is 10.0 Å². The van der Waals surface area contributed by atoms with Crippen molar-refractivity contribution in [3.8, 4) is 5.75 Å². The molecule has 2 fully saturated rings. The monoisotopic (exact) mass is 271 g/mol. The maximum absolute atomic E-state index is 12.4. The molecule has 0 bridgehead atoms. The Labute approximate surface area is 107 Å². The summed E-state index contributed by atoms with van der Waals surface area (Å²) < 4.78 is 37.2. The zero-order valence-electron chi connectivity index (χ0n) is 9.94. The van der Waals surface area contributed by atoms with E-state index in [0.29, 0.717) is 0 Å². The highest BCUT2D eigenvalue weighted by Crippen LogP contribution is 2.59. The van der Waals surface area contributed by atoms with Crippen LogP contribution in [0.15, 0.2) is 24.3 Å². The molecule has 3 rings (SSSR count). The number of hydrogen-bond acceptors (Lipinski definition) is 2. The van der Waals surface area contributed by atoms with E-state index in [-0.39, 0.29) is 30.2 Å². The van der Waals surface area contributed by atoms with Gasteiger partial charge in [-0.15, -0.1) is 0 Å². The third kappa shape index (κ3) is 1.86. The summed E-state index contributed by atoms with van der Waals surface area (Å²) in [6, 6.07) is 6.48. The summed E-state index contributed by atoms with van der Waals surface area (Å²) >= 11 is 0. The fourth-order valence-electron chi connectivity index (χ4n) is 3.06. The number of likely N-dealkylation sites (tertiary alicyclic amines) is 1. The molecule has 19 heavy (non-hydrogen) atoms. The van der Waals surface area contributed by atoms with Gasteiger partial charge in [0.25, 0.3) is 0 Å². The Kier molecular flexibility index (Phi) is 2.37. The summed E-state index contributed by atoms with van der Waals surface area (Å²) in [4.78, 5) is 12.1. The van der Waals surface area contributed by atoms with Crippen LogP contribution in [0.5, 0.6) is 5.75 Å². The van der Waals surface area contributed by atoms with Gasteiger partial charge in [-0.05, 0) is 30.0 Å². The first-order valence-corrected chi connectivity index (χ1v) is 5.98. The van der Waals surface area contributed by atoms with Crippen molar-refractivity contribution < 1.29 is 23.1 Å². The molecule has 0 aromatic heterocycles. The minimum absolute atomic E-state index is 0.100. The molecule has 2 aliphatic rings. The second kappa shape index (κ2) is 3.65. The largest absolute Gasteiger partial charge is 0.508 e. The number of phenolic OH excluding ortho intramolecular Hbond substituents is 1. The molecule has 1 aromatic rings. The van der Waals surface area contributed by atoms with Crippen LogP contribution in [0.4, 0.5) is 13.2 Å². The van der Waals surface area contributed by atoms with Crippen molar-refractivity contribution in [3.05, 3.63) is 29.8 Å². The van der Waals surface area contributed by atoms with Crippen molar-refractivity contribution in [1.82, 2.24) is 4.90 Å². The summed E-state index contributed by atoms with van der Waals surface area (Å²) in [5.74, 6) is -1.53. The van der Waals surface area contributed by atoms with Gasteiger partial charge in [-0.1, -0.05) is 12.1 Å². The third-order valence-corrected chi connectivity index (χ3v) is 4.12. The smallest absolute Gasteiger partial charge is 0.471 e. The Hall–Kier alpha value is -1.72. The maximum atomic E-state index is 12.4. The fraction of sp³-hybridized carbons (Fsp3) is 0.462. The number of amides is 1. The lowest BCUT2D eigenvalue weighted by molar-refractivity contribution is -0.184. The van der Waals surface area contributed by atoms with E-state index >= 15 is 0 Å². The predicted molar refractivity (Wildman–Crippen MR) is 60.5 cm³/mol. The molecule has 0 unspecified atom stereocenters. The Morgan fingerprint density at radius 2 is 1.95 bits per heavy atom. The van der Waals surface area contributed by atoms with Gasteiger partial charge in [-0.3, -0.25) is 4.79 Å². The van der Waals surface area contributed by atoms with Crippen LogP contribution in [0.3, 0.4) is 0 Å². The Morgan fingerprint density at radius 3 is 2.53 bits per heavy atom. The molecule has 6 heteroatoms. The maximum Gasteiger partial charge on any atom is 0.471 e. The highest BCUT2D eigenvalue weighted by atomic mass is 19.4. The van der Waals surface area contributed by atoms with Gasteiger partial charge in [0.2, 0.25) is 0 Å². The number of halogens is 3. The number of fused-ring (bicyclic) bond motifs is 1. The Bertz CT molecular complexity index is 526. The number of phenols is 1. The number of rotatable bonds is 1. The zero-order valence-corrected chi connectivity index (χ0v) is 9.94. The molecule has 1 saturated carbocycles.